The van der Waals surface area contributed by atoms with Gasteiger partial charge in [-0.3, -0.25) is 5.41 Å². The van der Waals surface area contributed by atoms with Crippen LogP contribution in [0.5, 0.6) is 0 Å². The van der Waals surface area contributed by atoms with Crippen molar-refractivity contribution in [1.29, 1.82) is 5.41 Å². The number of thioether (sulfide) groups is 1. The van der Waals surface area contributed by atoms with Crippen molar-refractivity contribution in [3.05, 3.63) is 35.1 Å². The second-order valence-corrected chi connectivity index (χ2v) is 5.39. The van der Waals surface area contributed by atoms with Gasteiger partial charge in [0, 0.05) is 18.2 Å². The number of benzene rings is 1. The van der Waals surface area contributed by atoms with Crippen LogP contribution < -0.4 is 0 Å². The van der Waals surface area contributed by atoms with E-state index >= 15 is 0 Å². The van der Waals surface area contributed by atoms with Crippen LogP contribution in [0.3, 0.4) is 0 Å². The minimum absolute atomic E-state index is 0.257. The van der Waals surface area contributed by atoms with Gasteiger partial charge >= 0.3 is 0 Å². The lowest BCUT2D eigenvalue weighted by Gasteiger charge is -2.25. The lowest BCUT2D eigenvalue weighted by molar-refractivity contribution is 0.328. The molecule has 1 aliphatic heterocycles. The van der Waals surface area contributed by atoms with E-state index < -0.39 is 0 Å². The molecule has 1 aromatic rings. The van der Waals surface area contributed by atoms with Crippen LogP contribution in [0.15, 0.2) is 18.2 Å². The average Bonchev–Trinajstić information content (AvgIpc) is 2.64. The fourth-order valence-corrected chi connectivity index (χ4v) is 2.72. The summed E-state index contributed by atoms with van der Waals surface area (Å²) in [5.41, 5.74) is 1.81. The van der Waals surface area contributed by atoms with Crippen LogP contribution in [0.25, 0.3) is 0 Å². The predicted molar refractivity (Wildman–Crippen MR) is 71.2 cm³/mol. The first-order valence-corrected chi connectivity index (χ1v) is 7.15. The maximum Gasteiger partial charge on any atom is 0.129 e. The number of fused-ring (bicyclic) bond motifs is 1. The first kappa shape index (κ1) is 12.4. The molecule has 0 saturated carbocycles. The van der Waals surface area contributed by atoms with Crippen molar-refractivity contribution in [2.75, 3.05) is 12.0 Å². The molecule has 0 aliphatic carbocycles. The first-order valence-electron chi connectivity index (χ1n) is 5.76. The van der Waals surface area contributed by atoms with Crippen LogP contribution in [0.4, 0.5) is 4.39 Å². The predicted octanol–water partition coefficient (Wildman–Crippen LogP) is 3.11. The summed E-state index contributed by atoms with van der Waals surface area (Å²) in [5, 5.41) is 8.10. The Balaban J connectivity index is 2.14. The molecule has 1 N–H and O–H groups in total. The summed E-state index contributed by atoms with van der Waals surface area (Å²) in [6.45, 7) is 2.87. The van der Waals surface area contributed by atoms with E-state index in [0.717, 1.165) is 29.8 Å². The van der Waals surface area contributed by atoms with Gasteiger partial charge in [0.15, 0.2) is 0 Å². The van der Waals surface area contributed by atoms with E-state index in [4.69, 9.17) is 5.41 Å². The zero-order chi connectivity index (χ0) is 12.4. The maximum absolute atomic E-state index is 13.1. The molecule has 1 heterocycles. The van der Waals surface area contributed by atoms with Crippen molar-refractivity contribution in [1.82, 2.24) is 4.90 Å². The molecule has 0 radical (unpaired) electrons. The van der Waals surface area contributed by atoms with Gasteiger partial charge in [-0.2, -0.15) is 11.8 Å². The number of halogens is 1. The number of nitrogens with one attached hydrogen (secondary N) is 1. The van der Waals surface area contributed by atoms with Crippen molar-refractivity contribution in [2.24, 2.45) is 0 Å². The Labute approximate surface area is 106 Å². The van der Waals surface area contributed by atoms with E-state index in [-0.39, 0.29) is 5.82 Å². The van der Waals surface area contributed by atoms with Crippen LogP contribution >= 0.6 is 11.8 Å². The molecule has 17 heavy (non-hydrogen) atoms. The molecule has 92 valence electrons. The Morgan fingerprint density at radius 3 is 3.00 bits per heavy atom. The molecule has 1 atom stereocenters. The third kappa shape index (κ3) is 2.46. The lowest BCUT2D eigenvalue weighted by atomic mass is 10.1. The SMILES string of the molecule is CSCCC(C)N1Cc2ccc(F)cc2C1=N. The number of rotatable bonds is 4. The molecular weight excluding hydrogens is 235 g/mol. The molecule has 0 amide bonds. The van der Waals surface area contributed by atoms with E-state index in [1.54, 1.807) is 6.07 Å². The van der Waals surface area contributed by atoms with Crippen LogP contribution in [0, 0.1) is 11.2 Å². The topological polar surface area (TPSA) is 27.1 Å². The summed E-state index contributed by atoms with van der Waals surface area (Å²) >= 11 is 1.82. The number of hydrogen-bond donors (Lipinski definition) is 1. The van der Waals surface area contributed by atoms with Crippen molar-refractivity contribution in [3.63, 3.8) is 0 Å². The van der Waals surface area contributed by atoms with E-state index in [0.29, 0.717) is 11.9 Å². The second-order valence-electron chi connectivity index (χ2n) is 4.41. The zero-order valence-electron chi connectivity index (χ0n) is 10.2. The van der Waals surface area contributed by atoms with E-state index in [1.165, 1.54) is 12.1 Å². The van der Waals surface area contributed by atoms with Crippen LogP contribution in [0.2, 0.25) is 0 Å². The Bertz CT molecular complexity index is 433. The Morgan fingerprint density at radius 2 is 2.29 bits per heavy atom. The molecule has 0 fully saturated rings. The fraction of sp³-hybridized carbons (Fsp3) is 0.462. The van der Waals surface area contributed by atoms with Gasteiger partial charge in [-0.25, -0.2) is 4.39 Å². The minimum Gasteiger partial charge on any atom is -0.349 e. The van der Waals surface area contributed by atoms with Gasteiger partial charge < -0.3 is 4.90 Å². The number of nitrogens with zero attached hydrogens (tertiary/aromatic N) is 1. The Hall–Kier alpha value is -1.03. The van der Waals surface area contributed by atoms with Gasteiger partial charge in [0.25, 0.3) is 0 Å². The number of hydrogen-bond acceptors (Lipinski definition) is 2. The Morgan fingerprint density at radius 1 is 1.53 bits per heavy atom. The average molecular weight is 252 g/mol. The van der Waals surface area contributed by atoms with Gasteiger partial charge in [0.05, 0.1) is 0 Å². The van der Waals surface area contributed by atoms with Gasteiger partial charge in [0.2, 0.25) is 0 Å². The lowest BCUT2D eigenvalue weighted by Crippen LogP contribution is -2.33. The third-order valence-corrected chi connectivity index (χ3v) is 3.87. The highest BCUT2D eigenvalue weighted by Gasteiger charge is 2.27. The van der Waals surface area contributed by atoms with Crippen LogP contribution in [-0.4, -0.2) is 28.8 Å². The quantitative estimate of drug-likeness (QED) is 0.891. The molecule has 0 aromatic heterocycles. The van der Waals surface area contributed by atoms with Gasteiger partial charge in [0.1, 0.15) is 11.7 Å². The van der Waals surface area contributed by atoms with Crippen molar-refractivity contribution in [2.45, 2.75) is 25.9 Å². The summed E-state index contributed by atoms with van der Waals surface area (Å²) in [6.07, 6.45) is 3.15. The standard InChI is InChI=1S/C13H17FN2S/c1-9(5-6-17-2)16-8-10-3-4-11(14)7-12(10)13(16)15/h3-4,7,9,15H,5-6,8H2,1-2H3. The molecule has 0 spiro atoms. The van der Waals surface area contributed by atoms with E-state index in [9.17, 15) is 4.39 Å². The summed E-state index contributed by atoms with van der Waals surface area (Å²) < 4.78 is 13.1. The second kappa shape index (κ2) is 5.08. The smallest absolute Gasteiger partial charge is 0.129 e. The van der Waals surface area contributed by atoms with Crippen molar-refractivity contribution in [3.8, 4) is 0 Å². The summed E-state index contributed by atoms with van der Waals surface area (Å²) in [7, 11) is 0. The zero-order valence-corrected chi connectivity index (χ0v) is 11.0. The normalized spacial score (nSPS) is 16.2. The molecule has 0 bridgehead atoms. The molecule has 0 saturated heterocycles. The molecule has 4 heteroatoms. The van der Waals surface area contributed by atoms with Crippen LogP contribution in [0.1, 0.15) is 24.5 Å². The van der Waals surface area contributed by atoms with Gasteiger partial charge in [-0.1, -0.05) is 6.07 Å². The van der Waals surface area contributed by atoms with E-state index in [1.807, 2.05) is 11.8 Å². The van der Waals surface area contributed by atoms with E-state index in [2.05, 4.69) is 18.1 Å². The highest BCUT2D eigenvalue weighted by Crippen LogP contribution is 2.26. The summed E-state index contributed by atoms with van der Waals surface area (Å²) in [4.78, 5) is 2.06. The molecule has 1 aliphatic rings. The molecule has 2 rings (SSSR count). The fourth-order valence-electron chi connectivity index (χ4n) is 2.14. The molecule has 2 nitrogen and oxygen atoms in total. The maximum atomic E-state index is 13.1. The molecule has 1 unspecified atom stereocenters. The largest absolute Gasteiger partial charge is 0.349 e. The summed E-state index contributed by atoms with van der Waals surface area (Å²) in [5.74, 6) is 1.30. The van der Waals surface area contributed by atoms with Gasteiger partial charge in [-0.15, -0.1) is 0 Å². The number of amidine groups is 1. The van der Waals surface area contributed by atoms with Crippen molar-refractivity contribution >= 4 is 17.6 Å². The highest BCUT2D eigenvalue weighted by molar-refractivity contribution is 7.98. The van der Waals surface area contributed by atoms with Gasteiger partial charge in [-0.05, 0) is 43.0 Å². The summed E-state index contributed by atoms with van der Waals surface area (Å²) in [6, 6.07) is 5.08. The third-order valence-electron chi connectivity index (χ3n) is 3.23. The molecule has 1 aromatic carbocycles. The first-order chi connectivity index (χ1) is 8.13. The minimum atomic E-state index is -0.257. The highest BCUT2D eigenvalue weighted by atomic mass is 32.2. The monoisotopic (exact) mass is 252 g/mol. The van der Waals surface area contributed by atoms with Crippen LogP contribution in [-0.2, 0) is 6.54 Å². The van der Waals surface area contributed by atoms with Crippen molar-refractivity contribution < 1.29 is 4.39 Å². The Kier molecular flexibility index (Phi) is 3.72. The molecular formula is C13H17FN2S.